The third-order valence-corrected chi connectivity index (χ3v) is 7.07. The van der Waals surface area contributed by atoms with Gasteiger partial charge in [0.05, 0.1) is 36.0 Å². The van der Waals surface area contributed by atoms with E-state index in [4.69, 9.17) is 0 Å². The molecule has 32 heavy (non-hydrogen) atoms. The van der Waals surface area contributed by atoms with Crippen molar-refractivity contribution in [1.29, 1.82) is 0 Å². The number of hydrogen-bond acceptors (Lipinski definition) is 7. The third-order valence-electron chi connectivity index (χ3n) is 5.43. The zero-order valence-corrected chi connectivity index (χ0v) is 18.7. The highest BCUT2D eigenvalue weighted by Gasteiger charge is 2.34. The molecule has 4 aromatic heterocycles. The number of nitrogens with one attached hydrogen (secondary N) is 2. The first-order chi connectivity index (χ1) is 15.5. The molecule has 166 valence electrons. The van der Waals surface area contributed by atoms with E-state index >= 15 is 0 Å². The van der Waals surface area contributed by atoms with E-state index in [1.807, 2.05) is 25.4 Å². The van der Waals surface area contributed by atoms with Gasteiger partial charge in [-0.1, -0.05) is 13.3 Å². The van der Waals surface area contributed by atoms with Crippen LogP contribution in [0.15, 0.2) is 54.2 Å². The van der Waals surface area contributed by atoms with Crippen LogP contribution < -0.4 is 15.2 Å². The van der Waals surface area contributed by atoms with E-state index in [1.54, 1.807) is 33.7 Å². The van der Waals surface area contributed by atoms with Gasteiger partial charge in [-0.25, -0.2) is 10.4 Å². The molecule has 1 aliphatic rings. The van der Waals surface area contributed by atoms with Gasteiger partial charge in [0.15, 0.2) is 5.03 Å². The molecule has 0 amide bonds. The van der Waals surface area contributed by atoms with Crippen LogP contribution in [0.25, 0.3) is 16.8 Å². The Morgan fingerprint density at radius 3 is 2.78 bits per heavy atom. The van der Waals surface area contributed by atoms with Crippen LogP contribution in [0, 0.1) is 0 Å². The summed E-state index contributed by atoms with van der Waals surface area (Å²) >= 11 is 0. The number of anilines is 2. The van der Waals surface area contributed by atoms with E-state index in [2.05, 4.69) is 32.7 Å². The number of hydrazine groups is 1. The van der Waals surface area contributed by atoms with E-state index in [9.17, 15) is 8.42 Å². The second-order valence-corrected chi connectivity index (χ2v) is 9.45. The quantitative estimate of drug-likeness (QED) is 0.415. The van der Waals surface area contributed by atoms with Crippen molar-refractivity contribution in [2.24, 2.45) is 7.05 Å². The van der Waals surface area contributed by atoms with Crippen molar-refractivity contribution in [2.45, 2.75) is 31.3 Å². The molecule has 0 aliphatic carbocycles. The van der Waals surface area contributed by atoms with E-state index in [0.29, 0.717) is 23.6 Å². The van der Waals surface area contributed by atoms with E-state index in [0.717, 1.165) is 36.2 Å². The summed E-state index contributed by atoms with van der Waals surface area (Å²) in [5.41, 5.74) is 7.19. The number of fused-ring (bicyclic) bond motifs is 2. The van der Waals surface area contributed by atoms with Crippen LogP contribution in [-0.2, 0) is 23.6 Å². The van der Waals surface area contributed by atoms with Gasteiger partial charge in [0, 0.05) is 43.3 Å². The summed E-state index contributed by atoms with van der Waals surface area (Å²) in [6.45, 7) is 3.27. The third kappa shape index (κ3) is 3.49. The maximum atomic E-state index is 13.6. The largest absolute Gasteiger partial charge is 0.384 e. The molecule has 0 aromatic carbocycles. The fraction of sp³-hybridized carbons (Fsp3) is 0.286. The number of imidazole rings is 1. The van der Waals surface area contributed by atoms with Gasteiger partial charge in [0.1, 0.15) is 5.65 Å². The molecule has 5 rings (SSSR count). The summed E-state index contributed by atoms with van der Waals surface area (Å²) in [6.07, 6.45) is 10.6. The molecular formula is C21H24N8O2S. The first-order valence-electron chi connectivity index (χ1n) is 10.4. The smallest absolute Gasteiger partial charge is 0.295 e. The zero-order chi connectivity index (χ0) is 22.3. The zero-order valence-electron chi connectivity index (χ0n) is 17.9. The lowest BCUT2D eigenvalue weighted by atomic mass is 10.1. The summed E-state index contributed by atoms with van der Waals surface area (Å²) < 4.78 is 31.8. The highest BCUT2D eigenvalue weighted by Crippen LogP contribution is 2.33. The molecule has 10 nitrogen and oxygen atoms in total. The molecule has 0 unspecified atom stereocenters. The Morgan fingerprint density at radius 1 is 1.12 bits per heavy atom. The number of aryl methyl sites for hydroxylation is 1. The van der Waals surface area contributed by atoms with Gasteiger partial charge in [0.2, 0.25) is 0 Å². The molecule has 0 bridgehead atoms. The number of rotatable bonds is 7. The van der Waals surface area contributed by atoms with Crippen molar-refractivity contribution in [1.82, 2.24) is 29.6 Å². The van der Waals surface area contributed by atoms with Crippen LogP contribution in [-0.4, -0.2) is 39.1 Å². The Labute approximate surface area is 185 Å². The first kappa shape index (κ1) is 20.5. The molecule has 11 heteroatoms. The first-order valence-corrected chi connectivity index (χ1v) is 11.9. The van der Waals surface area contributed by atoms with Crippen LogP contribution in [0.5, 0.6) is 0 Å². The van der Waals surface area contributed by atoms with E-state index < -0.39 is 10.0 Å². The average Bonchev–Trinajstić information content (AvgIpc) is 3.51. The minimum Gasteiger partial charge on any atom is -0.384 e. The van der Waals surface area contributed by atoms with Crippen LogP contribution in [0.2, 0.25) is 0 Å². The molecular weight excluding hydrogens is 428 g/mol. The molecule has 0 radical (unpaired) electrons. The van der Waals surface area contributed by atoms with Gasteiger partial charge in [-0.2, -0.15) is 17.9 Å². The molecule has 4 aromatic rings. The van der Waals surface area contributed by atoms with Gasteiger partial charge in [0.25, 0.3) is 10.0 Å². The number of pyridine rings is 2. The summed E-state index contributed by atoms with van der Waals surface area (Å²) in [6, 6.07) is 5.53. The Balaban J connectivity index is 1.52. The fourth-order valence-electron chi connectivity index (χ4n) is 3.72. The molecule has 0 spiro atoms. The summed E-state index contributed by atoms with van der Waals surface area (Å²) in [5.74, 6) is 0. The van der Waals surface area contributed by atoms with Crippen molar-refractivity contribution < 1.29 is 8.42 Å². The monoisotopic (exact) mass is 452 g/mol. The second-order valence-electron chi connectivity index (χ2n) is 7.72. The molecule has 0 saturated heterocycles. The molecule has 1 aliphatic heterocycles. The van der Waals surface area contributed by atoms with E-state index in [1.165, 1.54) is 10.6 Å². The predicted octanol–water partition coefficient (Wildman–Crippen LogP) is 2.56. The summed E-state index contributed by atoms with van der Waals surface area (Å²) in [7, 11) is -2.10. The Morgan fingerprint density at radius 2 is 2.00 bits per heavy atom. The maximum absolute atomic E-state index is 13.6. The number of unbranched alkanes of at least 4 members (excludes halogenated alkanes) is 1. The normalized spacial score (nSPS) is 13.6. The Bertz CT molecular complexity index is 1390. The van der Waals surface area contributed by atoms with Gasteiger partial charge >= 0.3 is 0 Å². The lowest BCUT2D eigenvalue weighted by Gasteiger charge is -2.19. The molecule has 0 fully saturated rings. The summed E-state index contributed by atoms with van der Waals surface area (Å²) in [4.78, 5) is 8.76. The minimum atomic E-state index is -3.94. The topological polar surface area (TPSA) is 109 Å². The number of nitrogens with zero attached hydrogens (tertiary/aromatic N) is 6. The lowest BCUT2D eigenvalue weighted by molar-refractivity contribution is 0.577. The maximum Gasteiger partial charge on any atom is 0.295 e. The second kappa shape index (κ2) is 7.92. The van der Waals surface area contributed by atoms with E-state index in [-0.39, 0.29) is 5.03 Å². The number of hydrogen-bond donors (Lipinski definition) is 2. The van der Waals surface area contributed by atoms with Crippen LogP contribution >= 0.6 is 0 Å². The van der Waals surface area contributed by atoms with Crippen molar-refractivity contribution in [2.75, 3.05) is 16.3 Å². The van der Waals surface area contributed by atoms with Gasteiger partial charge in [-0.05, 0) is 24.6 Å². The summed E-state index contributed by atoms with van der Waals surface area (Å²) in [5, 5.41) is 7.60. The van der Waals surface area contributed by atoms with Gasteiger partial charge < -0.3 is 5.32 Å². The Hall–Kier alpha value is -3.44. The molecule has 2 N–H and O–H groups in total. The molecule has 0 atom stereocenters. The van der Waals surface area contributed by atoms with Crippen molar-refractivity contribution in [3.8, 4) is 11.1 Å². The van der Waals surface area contributed by atoms with Crippen molar-refractivity contribution >= 4 is 27.0 Å². The lowest BCUT2D eigenvalue weighted by Crippen LogP contribution is -2.38. The minimum absolute atomic E-state index is 0.0822. The SMILES string of the molecule is CCCCNc1ccc2ncc(S(=O)(=O)N3NCc4ncc(-c5cnn(C)c5)cc43)n2c1. The Kier molecular flexibility index (Phi) is 5.06. The predicted molar refractivity (Wildman–Crippen MR) is 122 cm³/mol. The van der Waals surface area contributed by atoms with Crippen LogP contribution in [0.4, 0.5) is 11.4 Å². The van der Waals surface area contributed by atoms with Crippen molar-refractivity contribution in [3.63, 3.8) is 0 Å². The molecule has 5 heterocycles. The van der Waals surface area contributed by atoms with Gasteiger partial charge in [-0.3, -0.25) is 14.1 Å². The highest BCUT2D eigenvalue weighted by atomic mass is 32.2. The average molecular weight is 453 g/mol. The molecule has 0 saturated carbocycles. The van der Waals surface area contributed by atoms with Crippen LogP contribution in [0.1, 0.15) is 25.5 Å². The highest BCUT2D eigenvalue weighted by molar-refractivity contribution is 7.92. The van der Waals surface area contributed by atoms with Gasteiger partial charge in [-0.15, -0.1) is 0 Å². The fourth-order valence-corrected chi connectivity index (χ4v) is 5.14. The number of sulfonamides is 1. The standard InChI is InChI=1S/C21H24N8O2S/c1-3-4-7-22-17-5-6-20-24-12-21(28(20)14-17)32(30,31)29-19-8-15(9-23-18(19)11-26-29)16-10-25-27(2)13-16/h5-6,8-10,12-14,22,26H,3-4,7,11H2,1-2H3. The van der Waals surface area contributed by atoms with Crippen LogP contribution in [0.3, 0.4) is 0 Å². The number of aromatic nitrogens is 5. The van der Waals surface area contributed by atoms with Crippen molar-refractivity contribution in [3.05, 3.63) is 54.9 Å².